The molecule has 2 aromatic heterocycles. The molecule has 1 unspecified atom stereocenters. The molecule has 1 amide bonds. The first-order valence-electron chi connectivity index (χ1n) is 12.9. The lowest BCUT2D eigenvalue weighted by atomic mass is 9.75. The quantitative estimate of drug-likeness (QED) is 0.312. The number of anilines is 2. The molecule has 1 aromatic carbocycles. The van der Waals surface area contributed by atoms with E-state index >= 15 is 0 Å². The summed E-state index contributed by atoms with van der Waals surface area (Å²) in [7, 11) is 4.52. The number of ketones is 1. The highest BCUT2D eigenvalue weighted by atomic mass is 35.5. The number of carbonyl (C=O) groups is 2. The van der Waals surface area contributed by atoms with Crippen LogP contribution in [0.25, 0.3) is 0 Å². The van der Waals surface area contributed by atoms with Crippen molar-refractivity contribution in [3.8, 4) is 23.3 Å². The molecule has 1 aliphatic carbocycles. The van der Waals surface area contributed by atoms with E-state index in [0.717, 1.165) is 0 Å². The molecule has 0 fully saturated rings. The molecule has 43 heavy (non-hydrogen) atoms. The van der Waals surface area contributed by atoms with Gasteiger partial charge in [0.25, 0.3) is 0 Å². The summed E-state index contributed by atoms with van der Waals surface area (Å²) in [5.41, 5.74) is 8.50. The molecule has 2 aliphatic rings. The Bertz CT molecular complexity index is 1680. The molecule has 15 heteroatoms. The maximum absolute atomic E-state index is 13.5. The number of ether oxygens (including phenoxy) is 3. The van der Waals surface area contributed by atoms with Gasteiger partial charge in [-0.1, -0.05) is 34.7 Å². The summed E-state index contributed by atoms with van der Waals surface area (Å²) >= 11 is 8.24. The number of carbonyl (C=O) groups excluding carboxylic acids is 2. The topological polar surface area (TPSA) is 166 Å². The third-order valence-corrected chi connectivity index (χ3v) is 9.13. The Hall–Kier alpha value is -4.32. The van der Waals surface area contributed by atoms with Gasteiger partial charge >= 0.3 is 0 Å². The minimum atomic E-state index is -0.786. The predicted octanol–water partition coefficient (Wildman–Crippen LogP) is 4.65. The van der Waals surface area contributed by atoms with E-state index in [-0.39, 0.29) is 28.8 Å². The third-order valence-electron chi connectivity index (χ3n) is 6.87. The number of rotatable bonds is 9. The number of benzene rings is 1. The van der Waals surface area contributed by atoms with Crippen LogP contribution >= 0.6 is 34.7 Å². The Morgan fingerprint density at radius 2 is 1.93 bits per heavy atom. The van der Waals surface area contributed by atoms with Crippen LogP contribution in [0.2, 0.25) is 5.02 Å². The van der Waals surface area contributed by atoms with E-state index in [1.54, 1.807) is 29.2 Å². The maximum atomic E-state index is 13.5. The predicted molar refractivity (Wildman–Crippen MR) is 163 cm³/mol. The molecule has 0 spiro atoms. The number of Topliss-reactive ketones (excluding diaryl/α,β-unsaturated/α-hetero) is 1. The second-order valence-corrected chi connectivity index (χ2v) is 11.9. The first-order chi connectivity index (χ1) is 20.8. The van der Waals surface area contributed by atoms with E-state index in [4.69, 9.17) is 31.5 Å². The van der Waals surface area contributed by atoms with Gasteiger partial charge in [-0.2, -0.15) is 5.26 Å². The Balaban J connectivity index is 1.48. The molecule has 3 aromatic rings. The fourth-order valence-electron chi connectivity index (χ4n) is 5.00. The zero-order valence-corrected chi connectivity index (χ0v) is 25.7. The Morgan fingerprint density at radius 1 is 1.19 bits per heavy atom. The van der Waals surface area contributed by atoms with Crippen LogP contribution in [0.15, 0.2) is 57.5 Å². The number of methoxy groups -OCH3 is 3. The number of nitrogens with one attached hydrogen (secondary N) is 1. The lowest BCUT2D eigenvalue weighted by Gasteiger charge is -2.38. The minimum absolute atomic E-state index is 0.0569. The van der Waals surface area contributed by atoms with Gasteiger partial charge in [-0.25, -0.2) is 4.98 Å². The second-order valence-electron chi connectivity index (χ2n) is 9.31. The van der Waals surface area contributed by atoms with Gasteiger partial charge in [-0.3, -0.25) is 14.5 Å². The second kappa shape index (κ2) is 12.9. The number of amides is 1. The number of allylic oxidation sites excluding steroid dienone is 3. The van der Waals surface area contributed by atoms with Crippen LogP contribution in [0.1, 0.15) is 30.7 Å². The fraction of sp³-hybridized carbons (Fsp3) is 0.286. The third kappa shape index (κ3) is 5.96. The lowest BCUT2D eigenvalue weighted by Crippen LogP contribution is -2.38. The number of aromatic nitrogens is 3. The molecule has 1 aliphatic heterocycles. The van der Waals surface area contributed by atoms with Crippen molar-refractivity contribution < 1.29 is 23.8 Å². The summed E-state index contributed by atoms with van der Waals surface area (Å²) in [6, 6.07) is 8.83. The number of pyridine rings is 1. The number of halogens is 1. The van der Waals surface area contributed by atoms with E-state index < -0.39 is 5.92 Å². The first kappa shape index (κ1) is 30.1. The summed E-state index contributed by atoms with van der Waals surface area (Å²) in [5, 5.41) is 22.5. The molecule has 0 saturated carbocycles. The summed E-state index contributed by atoms with van der Waals surface area (Å²) in [6.45, 7) is 0. The van der Waals surface area contributed by atoms with Crippen LogP contribution in [-0.2, 0) is 9.59 Å². The molecular formula is C28H26ClN7O5S2. The van der Waals surface area contributed by atoms with E-state index in [1.165, 1.54) is 50.6 Å². The normalized spacial score (nSPS) is 16.5. The van der Waals surface area contributed by atoms with Crippen LogP contribution in [0, 0.1) is 11.3 Å². The Labute approximate surface area is 260 Å². The van der Waals surface area contributed by atoms with Gasteiger partial charge in [0, 0.05) is 35.5 Å². The Morgan fingerprint density at radius 3 is 2.60 bits per heavy atom. The van der Waals surface area contributed by atoms with E-state index in [2.05, 4.69) is 26.6 Å². The number of nitriles is 1. The Kier molecular flexibility index (Phi) is 9.05. The molecule has 1 atom stereocenters. The van der Waals surface area contributed by atoms with Gasteiger partial charge in [-0.15, -0.1) is 10.2 Å². The SMILES string of the molecule is COc1cc(OC)c(C2C(C#N)=C(N)N(c3nnc(SCC(=O)Nc4ccc(Cl)cn4)s3)C3=C2C(=O)CCC3)cc1OC. The number of hydrogen-bond acceptors (Lipinski definition) is 13. The lowest BCUT2D eigenvalue weighted by molar-refractivity contribution is -0.116. The summed E-state index contributed by atoms with van der Waals surface area (Å²) in [6.07, 6.45) is 2.91. The van der Waals surface area contributed by atoms with Crippen LogP contribution in [0.5, 0.6) is 17.2 Å². The molecule has 0 radical (unpaired) electrons. The average Bonchev–Trinajstić information content (AvgIpc) is 3.48. The highest BCUT2D eigenvalue weighted by Gasteiger charge is 2.42. The van der Waals surface area contributed by atoms with E-state index in [0.29, 0.717) is 73.7 Å². The zero-order chi connectivity index (χ0) is 30.7. The molecule has 12 nitrogen and oxygen atoms in total. The van der Waals surface area contributed by atoms with Gasteiger partial charge < -0.3 is 25.3 Å². The number of nitrogens with zero attached hydrogens (tertiary/aromatic N) is 5. The molecule has 3 heterocycles. The van der Waals surface area contributed by atoms with Gasteiger partial charge in [0.1, 0.15) is 17.4 Å². The highest BCUT2D eigenvalue weighted by Crippen LogP contribution is 2.50. The van der Waals surface area contributed by atoms with Crippen molar-refractivity contribution in [1.29, 1.82) is 5.26 Å². The van der Waals surface area contributed by atoms with Crippen molar-refractivity contribution in [2.45, 2.75) is 29.5 Å². The fourth-order valence-corrected chi connectivity index (χ4v) is 6.79. The van der Waals surface area contributed by atoms with E-state index in [9.17, 15) is 14.9 Å². The number of thioether (sulfide) groups is 1. The van der Waals surface area contributed by atoms with Gasteiger partial charge in [0.05, 0.1) is 49.7 Å². The zero-order valence-electron chi connectivity index (χ0n) is 23.3. The average molecular weight is 640 g/mol. The highest BCUT2D eigenvalue weighted by molar-refractivity contribution is 8.01. The van der Waals surface area contributed by atoms with Crippen molar-refractivity contribution in [3.63, 3.8) is 0 Å². The molecule has 222 valence electrons. The first-order valence-corrected chi connectivity index (χ1v) is 15.1. The van der Waals surface area contributed by atoms with E-state index in [1.807, 2.05) is 0 Å². The molecule has 0 bridgehead atoms. The molecular weight excluding hydrogens is 614 g/mol. The van der Waals surface area contributed by atoms with Crippen molar-refractivity contribution in [2.24, 2.45) is 5.73 Å². The van der Waals surface area contributed by atoms with Crippen LogP contribution in [0.4, 0.5) is 10.9 Å². The standard InChI is InChI=1S/C28H26ClN7O5S2/c1-39-19-10-21(41-3)20(40-2)9-15(19)24-16(11-30)26(31)36(17-5-4-6-18(37)25(17)24)27-34-35-28(43-27)42-13-23(38)33-22-8-7-14(29)12-32-22/h7-10,12,24H,4-6,13,31H2,1-3H3,(H,32,33,38). The smallest absolute Gasteiger partial charge is 0.235 e. The van der Waals surface area contributed by atoms with Crippen molar-refractivity contribution in [3.05, 3.63) is 63.7 Å². The largest absolute Gasteiger partial charge is 0.496 e. The number of nitrogens with two attached hydrogens (primary N) is 1. The summed E-state index contributed by atoms with van der Waals surface area (Å²) in [4.78, 5) is 31.7. The van der Waals surface area contributed by atoms with Crippen molar-refractivity contribution in [1.82, 2.24) is 15.2 Å². The summed E-state index contributed by atoms with van der Waals surface area (Å²) < 4.78 is 17.1. The maximum Gasteiger partial charge on any atom is 0.235 e. The number of hydrogen-bond donors (Lipinski definition) is 2. The van der Waals surface area contributed by atoms with Gasteiger partial charge in [0.15, 0.2) is 21.6 Å². The van der Waals surface area contributed by atoms with Gasteiger partial charge in [-0.05, 0) is 31.0 Å². The van der Waals surface area contributed by atoms with Crippen molar-refractivity contribution in [2.75, 3.05) is 37.3 Å². The molecule has 5 rings (SSSR count). The van der Waals surface area contributed by atoms with Crippen LogP contribution in [0.3, 0.4) is 0 Å². The molecule has 0 saturated heterocycles. The minimum Gasteiger partial charge on any atom is -0.496 e. The molecule has 3 N–H and O–H groups in total. The van der Waals surface area contributed by atoms with Gasteiger partial charge in [0.2, 0.25) is 11.0 Å². The van der Waals surface area contributed by atoms with Crippen LogP contribution in [-0.4, -0.2) is 54.0 Å². The van der Waals surface area contributed by atoms with Crippen LogP contribution < -0.4 is 30.2 Å². The monoisotopic (exact) mass is 639 g/mol. The van der Waals surface area contributed by atoms with Crippen molar-refractivity contribution >= 4 is 57.3 Å². The summed E-state index contributed by atoms with van der Waals surface area (Å²) in [5.74, 6) is 0.689.